The number of nitrogens with one attached hydrogen (secondary N) is 1. The van der Waals surface area contributed by atoms with Crippen LogP contribution in [-0.2, 0) is 16.0 Å². The Morgan fingerprint density at radius 1 is 1.18 bits per heavy atom. The van der Waals surface area contributed by atoms with Gasteiger partial charge in [-0.25, -0.2) is 9.59 Å². The molecule has 0 aliphatic carbocycles. The topological polar surface area (TPSA) is 113 Å². The van der Waals surface area contributed by atoms with Gasteiger partial charge in [0.2, 0.25) is 11.3 Å². The van der Waals surface area contributed by atoms with Crippen molar-refractivity contribution in [3.8, 4) is 6.07 Å². The molecule has 0 saturated carbocycles. The number of piperidine rings is 1. The Bertz CT molecular complexity index is 1560. The van der Waals surface area contributed by atoms with Crippen LogP contribution in [0.3, 0.4) is 0 Å². The number of nitriles is 1. The molecule has 11 heteroatoms. The molecule has 1 aliphatic rings. The Morgan fingerprint density at radius 3 is 2.50 bits per heavy atom. The number of aryl methyl sites for hydroxylation is 1. The fourth-order valence-electron chi connectivity index (χ4n) is 4.68. The zero-order chi connectivity index (χ0) is 29.2. The van der Waals surface area contributed by atoms with E-state index in [9.17, 15) is 32.8 Å². The van der Waals surface area contributed by atoms with Crippen LogP contribution < -0.4 is 15.6 Å². The van der Waals surface area contributed by atoms with Crippen molar-refractivity contribution in [2.24, 2.45) is 5.41 Å². The van der Waals surface area contributed by atoms with E-state index >= 15 is 0 Å². The number of fused-ring (bicyclic) bond motifs is 1. The van der Waals surface area contributed by atoms with Gasteiger partial charge >= 0.3 is 18.1 Å². The molecular formula is C29H28F3N3O5. The molecular weight excluding hydrogens is 527 g/mol. The number of anilines is 2. The molecule has 2 heterocycles. The number of ether oxygens (including phenoxy) is 1. The summed E-state index contributed by atoms with van der Waals surface area (Å²) in [7, 11) is 0. The Morgan fingerprint density at radius 2 is 1.85 bits per heavy atom. The van der Waals surface area contributed by atoms with Crippen molar-refractivity contribution < 1.29 is 31.9 Å². The third-order valence-corrected chi connectivity index (χ3v) is 6.98. The van der Waals surface area contributed by atoms with Crippen LogP contribution in [0.15, 0.2) is 45.6 Å². The predicted molar refractivity (Wildman–Crippen MR) is 142 cm³/mol. The molecule has 1 saturated heterocycles. The third-order valence-electron chi connectivity index (χ3n) is 6.98. The molecule has 1 aromatic heterocycles. The zero-order valence-corrected chi connectivity index (χ0v) is 22.3. The van der Waals surface area contributed by atoms with Gasteiger partial charge in [0.25, 0.3) is 0 Å². The van der Waals surface area contributed by atoms with Crippen molar-refractivity contribution in [1.29, 1.82) is 5.26 Å². The highest BCUT2D eigenvalue weighted by molar-refractivity contribution is 6.02. The summed E-state index contributed by atoms with van der Waals surface area (Å²) in [5.74, 6) is -3.79. The van der Waals surface area contributed by atoms with Crippen LogP contribution in [0.4, 0.5) is 24.7 Å². The molecule has 0 atom stereocenters. The van der Waals surface area contributed by atoms with Crippen molar-refractivity contribution in [1.82, 2.24) is 0 Å². The lowest BCUT2D eigenvalue weighted by molar-refractivity contribution is -0.193. The van der Waals surface area contributed by atoms with Crippen LogP contribution in [0.2, 0.25) is 0 Å². The number of alkyl halides is 3. The predicted octanol–water partition coefficient (Wildman–Crippen LogP) is 5.50. The monoisotopic (exact) mass is 555 g/mol. The fraction of sp³-hybridized carbons (Fsp3) is 0.379. The van der Waals surface area contributed by atoms with Gasteiger partial charge in [0.1, 0.15) is 11.7 Å². The van der Waals surface area contributed by atoms with Crippen molar-refractivity contribution in [3.05, 3.63) is 68.9 Å². The average molecular weight is 556 g/mol. The van der Waals surface area contributed by atoms with Crippen LogP contribution in [0.25, 0.3) is 11.0 Å². The summed E-state index contributed by atoms with van der Waals surface area (Å²) in [5.41, 5.74) is 1.43. The van der Waals surface area contributed by atoms with E-state index in [2.05, 4.69) is 23.9 Å². The van der Waals surface area contributed by atoms with Crippen molar-refractivity contribution >= 4 is 34.5 Å². The van der Waals surface area contributed by atoms with Gasteiger partial charge in [-0.05, 0) is 60.9 Å². The second kappa shape index (κ2) is 11.0. The molecule has 1 N–H and O–H groups in total. The van der Waals surface area contributed by atoms with Crippen molar-refractivity contribution in [2.75, 3.05) is 29.9 Å². The first-order chi connectivity index (χ1) is 18.8. The van der Waals surface area contributed by atoms with Crippen molar-refractivity contribution in [2.45, 2.75) is 46.2 Å². The molecule has 3 aromatic rings. The second-order valence-corrected chi connectivity index (χ2v) is 10.6. The smallest absolute Gasteiger partial charge is 0.439 e. The number of hydrogen-bond donors (Lipinski definition) is 1. The van der Waals surface area contributed by atoms with E-state index in [1.54, 1.807) is 12.1 Å². The number of rotatable bonds is 6. The number of carbonyl (C=O) groups excluding carboxylic acids is 2. The van der Waals surface area contributed by atoms with Crippen LogP contribution in [0.5, 0.6) is 0 Å². The van der Waals surface area contributed by atoms with Gasteiger partial charge in [-0.1, -0.05) is 32.0 Å². The number of nitrogens with zero attached hydrogens (tertiary/aromatic N) is 2. The minimum atomic E-state index is -5.30. The number of halogens is 3. The second-order valence-electron chi connectivity index (χ2n) is 10.6. The highest BCUT2D eigenvalue weighted by Crippen LogP contribution is 2.34. The van der Waals surface area contributed by atoms with Gasteiger partial charge in [-0.15, -0.1) is 0 Å². The quantitative estimate of drug-likeness (QED) is 0.314. The molecule has 2 aromatic carbocycles. The van der Waals surface area contributed by atoms with Gasteiger partial charge in [-0.3, -0.25) is 4.79 Å². The SMILES string of the molecule is Cc1cc(CCNc2ccccc2C(=O)OC(=O)C(F)(F)F)c2oc(N3CCC(C)(C)CC3)c(C#N)c(=O)c2c1. The maximum atomic E-state index is 13.3. The van der Waals surface area contributed by atoms with Gasteiger partial charge in [-0.2, -0.15) is 18.4 Å². The van der Waals surface area contributed by atoms with E-state index in [1.165, 1.54) is 18.2 Å². The summed E-state index contributed by atoms with van der Waals surface area (Å²) >= 11 is 0. The number of benzene rings is 2. The van der Waals surface area contributed by atoms with Crippen LogP contribution in [0, 0.1) is 23.7 Å². The van der Waals surface area contributed by atoms with E-state index < -0.39 is 23.5 Å². The molecule has 1 aliphatic heterocycles. The van der Waals surface area contributed by atoms with Crippen LogP contribution in [-0.4, -0.2) is 37.7 Å². The standard InChI is InChI=1S/C29H28F3N3O5/c1-17-14-18(8-11-34-22-7-5-4-6-19(22)26(37)40-27(38)29(30,31)32)24-20(15-17)23(36)21(16-33)25(39-24)35-12-9-28(2,3)10-13-35/h4-7,14-15,34H,8-13H2,1-3H3. The molecule has 1 fully saturated rings. The normalized spacial score (nSPS) is 15.0. The lowest BCUT2D eigenvalue weighted by Gasteiger charge is -2.37. The maximum absolute atomic E-state index is 13.3. The van der Waals surface area contributed by atoms with E-state index in [1.807, 2.05) is 24.0 Å². The van der Waals surface area contributed by atoms with Gasteiger partial charge in [0, 0.05) is 25.3 Å². The summed E-state index contributed by atoms with van der Waals surface area (Å²) in [4.78, 5) is 38.6. The molecule has 0 bridgehead atoms. The highest BCUT2D eigenvalue weighted by Gasteiger charge is 2.42. The Hall–Kier alpha value is -4.33. The summed E-state index contributed by atoms with van der Waals surface area (Å²) in [5, 5.41) is 13.1. The van der Waals surface area contributed by atoms with Gasteiger partial charge in [0.05, 0.1) is 10.9 Å². The summed E-state index contributed by atoms with van der Waals surface area (Å²) in [6.07, 6.45) is -3.24. The Kier molecular flexibility index (Phi) is 7.91. The average Bonchev–Trinajstić information content (AvgIpc) is 2.88. The molecule has 0 spiro atoms. The zero-order valence-electron chi connectivity index (χ0n) is 22.3. The molecule has 0 amide bonds. The van der Waals surface area contributed by atoms with Crippen LogP contribution >= 0.6 is 0 Å². The van der Waals surface area contributed by atoms with E-state index in [-0.39, 0.29) is 40.0 Å². The van der Waals surface area contributed by atoms with E-state index in [0.29, 0.717) is 30.7 Å². The molecule has 4 rings (SSSR count). The minimum Gasteiger partial charge on any atom is -0.439 e. The number of carbonyl (C=O) groups is 2. The minimum absolute atomic E-state index is 0.0391. The molecule has 0 radical (unpaired) electrons. The van der Waals surface area contributed by atoms with Gasteiger partial charge < -0.3 is 19.4 Å². The molecule has 210 valence electrons. The lowest BCUT2D eigenvalue weighted by Crippen LogP contribution is -2.38. The van der Waals surface area contributed by atoms with E-state index in [0.717, 1.165) is 18.4 Å². The summed E-state index contributed by atoms with van der Waals surface area (Å²) in [6, 6.07) is 11.3. The first kappa shape index (κ1) is 28.7. The Balaban J connectivity index is 1.61. The number of esters is 2. The van der Waals surface area contributed by atoms with E-state index in [4.69, 9.17) is 4.42 Å². The lowest BCUT2D eigenvalue weighted by atomic mass is 9.82. The largest absolute Gasteiger partial charge is 0.491 e. The summed E-state index contributed by atoms with van der Waals surface area (Å²) in [6.45, 7) is 7.64. The Labute approximate surface area is 228 Å². The first-order valence-corrected chi connectivity index (χ1v) is 12.7. The first-order valence-electron chi connectivity index (χ1n) is 12.7. The summed E-state index contributed by atoms with van der Waals surface area (Å²) < 4.78 is 47.8. The molecule has 0 unspecified atom stereocenters. The third kappa shape index (κ3) is 6.11. The molecule has 40 heavy (non-hydrogen) atoms. The fourth-order valence-corrected chi connectivity index (χ4v) is 4.68. The van der Waals surface area contributed by atoms with Gasteiger partial charge in [0.15, 0.2) is 5.56 Å². The maximum Gasteiger partial charge on any atom is 0.491 e. The highest BCUT2D eigenvalue weighted by atomic mass is 19.4. The number of para-hydroxylation sites is 1. The van der Waals surface area contributed by atoms with Crippen molar-refractivity contribution in [3.63, 3.8) is 0 Å². The number of hydrogen-bond acceptors (Lipinski definition) is 8. The van der Waals surface area contributed by atoms with Crippen LogP contribution in [0.1, 0.15) is 53.7 Å². The molecule has 8 nitrogen and oxygen atoms in total.